The fourth-order valence-electron chi connectivity index (χ4n) is 11.7. The van der Waals surface area contributed by atoms with Gasteiger partial charge in [-0.15, -0.1) is 0 Å². The summed E-state index contributed by atoms with van der Waals surface area (Å²) in [4.78, 5) is 53.1. The van der Waals surface area contributed by atoms with Gasteiger partial charge >= 0.3 is 11.4 Å². The molecule has 18 heteroatoms. The molecular formula is C49H49F2N11O5. The lowest BCUT2D eigenvalue weighted by Crippen LogP contribution is -2.50. The van der Waals surface area contributed by atoms with Crippen LogP contribution >= 0.6 is 0 Å². The van der Waals surface area contributed by atoms with E-state index < -0.39 is 28.8 Å². The third-order valence-corrected chi connectivity index (χ3v) is 15.1. The lowest BCUT2D eigenvalue weighted by atomic mass is 9.82. The standard InChI is InChI=1S/C49H49F2N11O5/c1-25-16-32(17-26(2)40(25)50)62-43(59-14-13-58(47(59)65)37-11-10-35-33(41(37)51)24-53-57(35)6)39-34(55-62)20-31-8-7-9-36(39)60(31)44(63)38-19-29-18-30(28-12-15-66-48(4,5)22-28)23-52-42(29)61(38)49(21-27(49)3)45-54-46(64)67-56-45/h10-11,13-14,16-19,23-24,27-28,31,36H,7-9,12,15,20-22H2,1-6H3,(H,54,56,64)/t27-,28-,31+,36-,49-/m0/s1. The SMILES string of the molecule is Cc1cc(-n2nc3c(c2-n2ccn(-c4ccc5c(cnn5C)c4F)c2=O)[C@@H]2CCC[C@H](C3)N2C(=O)c2cc3cc([C@H]4CCOC(C)(C)C4)cnc3n2[C@@]2(c3noc(=O)[nH]3)C[C@@H]2C)cc(C)c1F. The summed E-state index contributed by atoms with van der Waals surface area (Å²) in [6, 6.07) is 9.92. The molecule has 16 nitrogen and oxygen atoms in total. The molecule has 1 N–H and O–H groups in total. The highest BCUT2D eigenvalue weighted by Gasteiger charge is 2.60. The van der Waals surface area contributed by atoms with Gasteiger partial charge in [0.05, 0.1) is 45.8 Å². The van der Waals surface area contributed by atoms with Crippen LogP contribution in [0.3, 0.4) is 0 Å². The van der Waals surface area contributed by atoms with Gasteiger partial charge in [-0.3, -0.25) is 28.1 Å². The molecule has 8 aromatic rings. The largest absolute Gasteiger partial charge is 0.438 e. The maximum Gasteiger partial charge on any atom is 0.438 e. The van der Waals surface area contributed by atoms with Crippen molar-refractivity contribution in [3.8, 4) is 17.2 Å². The highest BCUT2D eigenvalue weighted by atomic mass is 19.1. The molecule has 5 atom stereocenters. The number of benzene rings is 2. The molecule has 9 heterocycles. The summed E-state index contributed by atoms with van der Waals surface area (Å²) in [5, 5.41) is 14.7. The number of fused-ring (bicyclic) bond motifs is 6. The summed E-state index contributed by atoms with van der Waals surface area (Å²) < 4.78 is 50.5. The Morgan fingerprint density at radius 1 is 0.955 bits per heavy atom. The topological polar surface area (TPSA) is 169 Å². The first-order valence-electron chi connectivity index (χ1n) is 23.0. The number of rotatable bonds is 7. The van der Waals surface area contributed by atoms with Crippen LogP contribution in [-0.2, 0) is 23.7 Å². The van der Waals surface area contributed by atoms with Crippen molar-refractivity contribution in [2.24, 2.45) is 13.0 Å². The second-order valence-electron chi connectivity index (χ2n) is 19.7. The monoisotopic (exact) mass is 909 g/mol. The van der Waals surface area contributed by atoms with Gasteiger partial charge in [0.15, 0.2) is 11.6 Å². The number of ether oxygens (including phenoxy) is 1. The molecule has 2 aromatic carbocycles. The van der Waals surface area contributed by atoms with Gasteiger partial charge in [0.25, 0.3) is 5.91 Å². The van der Waals surface area contributed by atoms with Gasteiger partial charge in [-0.1, -0.05) is 12.1 Å². The van der Waals surface area contributed by atoms with Gasteiger partial charge in [-0.05, 0) is 131 Å². The highest BCUT2D eigenvalue weighted by molar-refractivity contribution is 5.99. The smallest absolute Gasteiger partial charge is 0.376 e. The Bertz CT molecular complexity index is 3470. The van der Waals surface area contributed by atoms with Gasteiger partial charge in [0.1, 0.15) is 28.5 Å². The van der Waals surface area contributed by atoms with E-state index in [1.807, 2.05) is 21.7 Å². The number of nitrogens with one attached hydrogen (secondary N) is 1. The van der Waals surface area contributed by atoms with Gasteiger partial charge < -0.3 is 14.2 Å². The third-order valence-electron chi connectivity index (χ3n) is 15.1. The van der Waals surface area contributed by atoms with E-state index in [9.17, 15) is 9.59 Å². The Morgan fingerprint density at radius 2 is 1.73 bits per heavy atom. The van der Waals surface area contributed by atoms with E-state index in [1.54, 1.807) is 60.7 Å². The van der Waals surface area contributed by atoms with Gasteiger partial charge in [0, 0.05) is 55.7 Å². The predicted molar refractivity (Wildman–Crippen MR) is 242 cm³/mol. The first kappa shape index (κ1) is 41.5. The fraction of sp³-hybridized carbons (Fsp3) is 0.408. The number of H-pyrrole nitrogens is 1. The Balaban J connectivity index is 1.03. The summed E-state index contributed by atoms with van der Waals surface area (Å²) >= 11 is 0. The van der Waals surface area contributed by atoms with Crippen molar-refractivity contribution in [1.29, 1.82) is 0 Å². The molecule has 1 saturated carbocycles. The van der Waals surface area contributed by atoms with E-state index >= 15 is 13.6 Å². The van der Waals surface area contributed by atoms with Crippen LogP contribution in [0.25, 0.3) is 39.1 Å². The minimum Gasteiger partial charge on any atom is -0.376 e. The van der Waals surface area contributed by atoms with Crippen LogP contribution in [0.4, 0.5) is 8.78 Å². The number of amides is 1. The van der Waals surface area contributed by atoms with Crippen LogP contribution < -0.4 is 11.4 Å². The number of nitrogens with zero attached hydrogens (tertiary/aromatic N) is 10. The number of carbonyl (C=O) groups excluding carboxylic acids is 1. The lowest BCUT2D eigenvalue weighted by Gasteiger charge is -2.46. The second-order valence-corrected chi connectivity index (χ2v) is 19.7. The summed E-state index contributed by atoms with van der Waals surface area (Å²) in [6.07, 6.45) is 11.2. The second kappa shape index (κ2) is 14.5. The number of hydrogen-bond acceptors (Lipinski definition) is 9. The van der Waals surface area contributed by atoms with Crippen LogP contribution in [0, 0.1) is 31.4 Å². The number of pyridine rings is 1. The van der Waals surface area contributed by atoms with Crippen LogP contribution in [0.15, 0.2) is 75.3 Å². The molecule has 2 saturated heterocycles. The number of aryl methyl sites for hydroxylation is 3. The summed E-state index contributed by atoms with van der Waals surface area (Å²) in [5.41, 5.74) is 3.67. The molecule has 4 aliphatic rings. The Kier molecular flexibility index (Phi) is 8.99. The number of carbonyl (C=O) groups is 1. The molecule has 1 aliphatic carbocycles. The number of aromatic nitrogens is 10. The lowest BCUT2D eigenvalue weighted by molar-refractivity contribution is -0.0593. The van der Waals surface area contributed by atoms with E-state index in [-0.39, 0.29) is 46.3 Å². The van der Waals surface area contributed by atoms with Gasteiger partial charge in [-0.2, -0.15) is 10.2 Å². The fourth-order valence-corrected chi connectivity index (χ4v) is 11.7. The zero-order valence-electron chi connectivity index (χ0n) is 38.0. The normalized spacial score (nSPS) is 23.3. The van der Waals surface area contributed by atoms with E-state index in [2.05, 4.69) is 42.1 Å². The Labute approximate surface area is 381 Å². The molecule has 0 radical (unpaired) electrons. The zero-order valence-corrected chi connectivity index (χ0v) is 38.0. The van der Waals surface area contributed by atoms with E-state index in [0.717, 1.165) is 35.9 Å². The van der Waals surface area contributed by atoms with Crippen molar-refractivity contribution in [2.75, 3.05) is 6.61 Å². The van der Waals surface area contributed by atoms with Crippen molar-refractivity contribution in [3.05, 3.63) is 133 Å². The minimum atomic E-state index is -0.914. The minimum absolute atomic E-state index is 0.0345. The molecule has 344 valence electrons. The molecular weight excluding hydrogens is 861 g/mol. The molecule has 67 heavy (non-hydrogen) atoms. The van der Waals surface area contributed by atoms with Crippen molar-refractivity contribution < 1.29 is 22.8 Å². The van der Waals surface area contributed by atoms with Crippen molar-refractivity contribution >= 4 is 27.8 Å². The molecule has 3 fully saturated rings. The zero-order chi connectivity index (χ0) is 46.4. The predicted octanol–water partition coefficient (Wildman–Crippen LogP) is 7.37. The number of piperidine rings is 1. The van der Waals surface area contributed by atoms with Crippen molar-refractivity contribution in [2.45, 2.75) is 109 Å². The van der Waals surface area contributed by atoms with Gasteiger partial charge in [0.2, 0.25) is 0 Å². The van der Waals surface area contributed by atoms with Crippen LogP contribution in [0.2, 0.25) is 0 Å². The number of halogens is 2. The van der Waals surface area contributed by atoms with E-state index in [4.69, 9.17) is 19.3 Å². The third kappa shape index (κ3) is 6.13. The van der Waals surface area contributed by atoms with Crippen molar-refractivity contribution in [1.82, 2.24) is 53.3 Å². The number of hydrogen-bond donors (Lipinski definition) is 1. The summed E-state index contributed by atoms with van der Waals surface area (Å²) in [6.45, 7) is 10.3. The Morgan fingerprint density at radius 3 is 2.46 bits per heavy atom. The molecule has 2 bridgehead atoms. The van der Waals surface area contributed by atoms with Crippen LogP contribution in [-0.4, -0.2) is 77.4 Å². The van der Waals surface area contributed by atoms with Crippen LogP contribution in [0.1, 0.15) is 116 Å². The Hall–Kier alpha value is -6.95. The van der Waals surface area contributed by atoms with E-state index in [0.29, 0.717) is 83.2 Å². The molecule has 12 rings (SSSR count). The quantitative estimate of drug-likeness (QED) is 0.172. The van der Waals surface area contributed by atoms with E-state index in [1.165, 1.54) is 21.5 Å². The first-order chi connectivity index (χ1) is 32.1. The number of aromatic amines is 1. The maximum atomic E-state index is 16.2. The molecule has 6 aromatic heterocycles. The maximum absolute atomic E-state index is 16.2. The highest BCUT2D eigenvalue weighted by Crippen LogP contribution is 2.56. The molecule has 0 spiro atoms. The van der Waals surface area contributed by atoms with Gasteiger partial charge in [-0.25, -0.2) is 28.0 Å². The number of imidazole rings is 1. The average molecular weight is 910 g/mol. The molecule has 0 unspecified atom stereocenters. The first-order valence-corrected chi connectivity index (χ1v) is 23.0. The summed E-state index contributed by atoms with van der Waals surface area (Å²) in [5.74, 6) is -0.975. The average Bonchev–Trinajstić information content (AvgIpc) is 3.92. The van der Waals surface area contributed by atoms with Crippen LogP contribution in [0.5, 0.6) is 0 Å². The van der Waals surface area contributed by atoms with Crippen molar-refractivity contribution in [3.63, 3.8) is 0 Å². The molecule has 1 amide bonds. The summed E-state index contributed by atoms with van der Waals surface area (Å²) in [7, 11) is 1.72. The molecule has 3 aliphatic heterocycles.